The molecule has 2 saturated heterocycles. The van der Waals surface area contributed by atoms with E-state index in [-0.39, 0.29) is 11.7 Å². The van der Waals surface area contributed by atoms with Crippen molar-refractivity contribution in [1.29, 1.82) is 0 Å². The van der Waals surface area contributed by atoms with Gasteiger partial charge < -0.3 is 24.3 Å². The van der Waals surface area contributed by atoms with E-state index in [9.17, 15) is 9.18 Å². The number of carbonyl (C=O) groups is 1. The maximum Gasteiger partial charge on any atom is 0.261 e. The van der Waals surface area contributed by atoms with Crippen LogP contribution in [0.5, 0.6) is 5.88 Å². The first-order valence-corrected chi connectivity index (χ1v) is 10.8. The number of anilines is 2. The van der Waals surface area contributed by atoms with Crippen molar-refractivity contribution in [3.05, 3.63) is 41.8 Å². The van der Waals surface area contributed by atoms with Gasteiger partial charge in [-0.05, 0) is 30.8 Å². The molecule has 2 aliphatic heterocycles. The van der Waals surface area contributed by atoms with Crippen molar-refractivity contribution in [3.8, 4) is 5.88 Å². The molecule has 4 rings (SSSR count). The molecule has 166 valence electrons. The molecule has 0 unspecified atom stereocenters. The van der Waals surface area contributed by atoms with Gasteiger partial charge in [0, 0.05) is 64.2 Å². The van der Waals surface area contributed by atoms with Crippen molar-refractivity contribution in [2.45, 2.75) is 6.92 Å². The second kappa shape index (κ2) is 9.47. The highest BCUT2D eigenvalue weighted by Crippen LogP contribution is 2.23. The molecule has 0 bridgehead atoms. The van der Waals surface area contributed by atoms with Gasteiger partial charge in [-0.25, -0.2) is 9.37 Å². The van der Waals surface area contributed by atoms with Gasteiger partial charge in [-0.1, -0.05) is 6.92 Å². The van der Waals surface area contributed by atoms with Gasteiger partial charge in [0.25, 0.3) is 5.91 Å². The lowest BCUT2D eigenvalue weighted by molar-refractivity contribution is 0.0639. The van der Waals surface area contributed by atoms with Crippen molar-refractivity contribution in [2.75, 3.05) is 75.8 Å². The first-order chi connectivity index (χ1) is 15.1. The summed E-state index contributed by atoms with van der Waals surface area (Å²) < 4.78 is 18.6. The van der Waals surface area contributed by atoms with Crippen LogP contribution in [0, 0.1) is 5.82 Å². The minimum absolute atomic E-state index is 0.0831. The Balaban J connectivity index is 1.41. The summed E-state index contributed by atoms with van der Waals surface area (Å²) in [6.07, 6.45) is 1.59. The summed E-state index contributed by atoms with van der Waals surface area (Å²) in [5, 5.41) is 0. The monoisotopic (exact) mass is 428 g/mol. The normalized spacial score (nSPS) is 17.7. The first-order valence-electron chi connectivity index (χ1n) is 10.8. The molecule has 2 aromatic rings. The maximum atomic E-state index is 13.2. The first kappa shape index (κ1) is 21.3. The average Bonchev–Trinajstić information content (AvgIpc) is 2.84. The summed E-state index contributed by atoms with van der Waals surface area (Å²) in [6.45, 7) is 9.29. The Hall–Kier alpha value is -2.94. The Morgan fingerprint density at radius 2 is 1.65 bits per heavy atom. The van der Waals surface area contributed by atoms with Crippen molar-refractivity contribution >= 4 is 17.5 Å². The topological polar surface area (TPSA) is 65.0 Å². The number of ether oxygens (including phenoxy) is 1. The Morgan fingerprint density at radius 1 is 1.00 bits per heavy atom. The summed E-state index contributed by atoms with van der Waals surface area (Å²) in [7, 11) is 1.53. The second-order valence-corrected chi connectivity index (χ2v) is 7.77. The van der Waals surface area contributed by atoms with E-state index in [1.54, 1.807) is 18.3 Å². The molecule has 3 heterocycles. The van der Waals surface area contributed by atoms with Gasteiger partial charge in [-0.15, -0.1) is 0 Å². The fourth-order valence-electron chi connectivity index (χ4n) is 4.07. The number of piperazine rings is 2. The van der Waals surface area contributed by atoms with Gasteiger partial charge in [-0.3, -0.25) is 4.79 Å². The van der Waals surface area contributed by atoms with Crippen molar-refractivity contribution in [3.63, 3.8) is 0 Å². The Bertz CT molecular complexity index is 893. The third-order valence-corrected chi connectivity index (χ3v) is 6.03. The smallest absolute Gasteiger partial charge is 0.261 e. The highest BCUT2D eigenvalue weighted by molar-refractivity contribution is 5.96. The zero-order valence-electron chi connectivity index (χ0n) is 18.1. The molecule has 0 aliphatic carbocycles. The number of nitrogens with zero attached hydrogens (tertiary/aromatic N) is 6. The number of hydrogen-bond acceptors (Lipinski definition) is 7. The van der Waals surface area contributed by atoms with Crippen LogP contribution in [-0.2, 0) is 0 Å². The molecule has 0 spiro atoms. The molecule has 0 radical (unpaired) electrons. The van der Waals surface area contributed by atoms with Crippen LogP contribution >= 0.6 is 0 Å². The van der Waals surface area contributed by atoms with Crippen LogP contribution in [0.3, 0.4) is 0 Å². The van der Waals surface area contributed by atoms with E-state index in [2.05, 4.69) is 31.6 Å². The molecule has 1 aromatic carbocycles. The molecule has 0 N–H and O–H groups in total. The van der Waals surface area contributed by atoms with Gasteiger partial charge in [0.2, 0.25) is 11.8 Å². The fourth-order valence-corrected chi connectivity index (χ4v) is 4.07. The Kier molecular flexibility index (Phi) is 6.50. The number of aromatic nitrogens is 2. The van der Waals surface area contributed by atoms with Crippen LogP contribution in [0.25, 0.3) is 0 Å². The number of methoxy groups -OCH3 is 1. The zero-order valence-corrected chi connectivity index (χ0v) is 18.1. The van der Waals surface area contributed by atoms with E-state index in [1.165, 1.54) is 19.2 Å². The number of halogens is 1. The molecule has 2 aliphatic rings. The van der Waals surface area contributed by atoms with E-state index >= 15 is 0 Å². The number of hydrogen-bond donors (Lipinski definition) is 0. The molecule has 0 atom stereocenters. The van der Waals surface area contributed by atoms with Crippen LogP contribution in [0.15, 0.2) is 30.5 Å². The molecule has 0 saturated carbocycles. The van der Waals surface area contributed by atoms with Crippen molar-refractivity contribution in [1.82, 2.24) is 19.8 Å². The summed E-state index contributed by atoms with van der Waals surface area (Å²) in [6, 6.07) is 6.55. The van der Waals surface area contributed by atoms with Gasteiger partial charge in [-0.2, -0.15) is 4.98 Å². The van der Waals surface area contributed by atoms with Crippen LogP contribution in [0.4, 0.5) is 16.0 Å². The van der Waals surface area contributed by atoms with Crippen LogP contribution in [0.1, 0.15) is 17.3 Å². The Morgan fingerprint density at radius 3 is 2.26 bits per heavy atom. The van der Waals surface area contributed by atoms with E-state index in [4.69, 9.17) is 4.74 Å². The highest BCUT2D eigenvalue weighted by atomic mass is 19.1. The van der Waals surface area contributed by atoms with Gasteiger partial charge in [0.1, 0.15) is 11.4 Å². The molecular formula is C22H29FN6O2. The summed E-state index contributed by atoms with van der Waals surface area (Å²) in [5.74, 6) is 0.557. The summed E-state index contributed by atoms with van der Waals surface area (Å²) in [5.41, 5.74) is 1.41. The molecule has 1 amide bonds. The second-order valence-electron chi connectivity index (χ2n) is 7.77. The third-order valence-electron chi connectivity index (χ3n) is 6.03. The predicted octanol–water partition coefficient (Wildman–Crippen LogP) is 1.73. The minimum atomic E-state index is -0.232. The van der Waals surface area contributed by atoms with Gasteiger partial charge in [0.15, 0.2) is 0 Å². The van der Waals surface area contributed by atoms with Gasteiger partial charge >= 0.3 is 0 Å². The molecule has 2 fully saturated rings. The van der Waals surface area contributed by atoms with Crippen LogP contribution in [-0.4, -0.2) is 91.7 Å². The number of carbonyl (C=O) groups excluding carboxylic acids is 1. The lowest BCUT2D eigenvalue weighted by Gasteiger charge is -2.36. The van der Waals surface area contributed by atoms with E-state index in [1.807, 2.05) is 4.90 Å². The van der Waals surface area contributed by atoms with E-state index in [0.29, 0.717) is 30.5 Å². The molecular weight excluding hydrogens is 399 g/mol. The SMILES string of the molecule is CCN1CCN(C(=O)c2cnc(N3CCN(c4ccc(F)cc4)CC3)nc2OC)CC1. The summed E-state index contributed by atoms with van der Waals surface area (Å²) in [4.78, 5) is 30.5. The molecule has 9 heteroatoms. The molecule has 8 nitrogen and oxygen atoms in total. The minimum Gasteiger partial charge on any atom is -0.480 e. The Labute approximate surface area is 182 Å². The number of rotatable bonds is 5. The molecule has 31 heavy (non-hydrogen) atoms. The average molecular weight is 429 g/mol. The lowest BCUT2D eigenvalue weighted by Crippen LogP contribution is -2.48. The summed E-state index contributed by atoms with van der Waals surface area (Å²) >= 11 is 0. The quantitative estimate of drug-likeness (QED) is 0.719. The number of amides is 1. The fraction of sp³-hybridized carbons (Fsp3) is 0.500. The van der Waals surface area contributed by atoms with E-state index in [0.717, 1.165) is 51.5 Å². The largest absolute Gasteiger partial charge is 0.480 e. The zero-order chi connectivity index (χ0) is 21.8. The predicted molar refractivity (Wildman–Crippen MR) is 117 cm³/mol. The number of likely N-dealkylation sites (N-methyl/N-ethyl adjacent to an activating group) is 1. The van der Waals surface area contributed by atoms with Crippen molar-refractivity contribution < 1.29 is 13.9 Å². The standard InChI is InChI=1S/C22H29FN6O2/c1-3-26-8-10-28(11-9-26)21(30)19-16-24-22(25-20(19)31-2)29-14-12-27(13-15-29)18-6-4-17(23)5-7-18/h4-7,16H,3,8-15H2,1-2H3. The van der Waals surface area contributed by atoms with Crippen LogP contribution < -0.4 is 14.5 Å². The van der Waals surface area contributed by atoms with Crippen LogP contribution in [0.2, 0.25) is 0 Å². The third kappa shape index (κ3) is 4.71. The lowest BCUT2D eigenvalue weighted by atomic mass is 10.2. The van der Waals surface area contributed by atoms with Crippen molar-refractivity contribution in [2.24, 2.45) is 0 Å². The highest BCUT2D eigenvalue weighted by Gasteiger charge is 2.26. The molecule has 1 aromatic heterocycles. The maximum absolute atomic E-state index is 13.2. The number of benzene rings is 1. The van der Waals surface area contributed by atoms with Gasteiger partial charge in [0.05, 0.1) is 7.11 Å². The van der Waals surface area contributed by atoms with E-state index < -0.39 is 0 Å².